The summed E-state index contributed by atoms with van der Waals surface area (Å²) >= 11 is 0. The van der Waals surface area contributed by atoms with Crippen LogP contribution in [0.4, 0.5) is 0 Å². The molecule has 270 valence electrons. The van der Waals surface area contributed by atoms with Crippen LogP contribution in [0, 0.1) is 13.8 Å². The van der Waals surface area contributed by atoms with Crippen LogP contribution in [0.2, 0.25) is 0 Å². The number of likely N-dealkylation sites (N-methyl/N-ethyl adjacent to an activating group) is 1. The minimum Gasteiger partial charge on any atom is -0.397 e. The van der Waals surface area contributed by atoms with Gasteiger partial charge >= 0.3 is 0 Å². The minimum atomic E-state index is -0.469. The van der Waals surface area contributed by atoms with Crippen molar-refractivity contribution in [2.45, 2.75) is 105 Å². The lowest BCUT2D eigenvalue weighted by molar-refractivity contribution is 0.0993. The Labute approximate surface area is 297 Å². The summed E-state index contributed by atoms with van der Waals surface area (Å²) in [5.74, 6) is 0.893. The van der Waals surface area contributed by atoms with Crippen molar-refractivity contribution in [1.29, 1.82) is 0 Å². The van der Waals surface area contributed by atoms with Gasteiger partial charge in [0.05, 0.1) is 18.1 Å². The summed E-state index contributed by atoms with van der Waals surface area (Å²) in [5.41, 5.74) is 26.1. The van der Waals surface area contributed by atoms with Crippen molar-refractivity contribution in [1.82, 2.24) is 21.0 Å². The quantitative estimate of drug-likeness (QED) is 0.0296. The van der Waals surface area contributed by atoms with Gasteiger partial charge in [0.15, 0.2) is 0 Å². The molecule has 0 bridgehead atoms. The average Bonchev–Trinajstić information content (AvgIpc) is 3.03. The molecule has 0 saturated carbocycles. The van der Waals surface area contributed by atoms with Gasteiger partial charge in [0.25, 0.3) is 0 Å². The molecule has 0 aromatic heterocycles. The summed E-state index contributed by atoms with van der Waals surface area (Å²) in [6.45, 7) is 25.8. The van der Waals surface area contributed by atoms with Crippen molar-refractivity contribution in [2.24, 2.45) is 16.6 Å². The Hall–Kier alpha value is -4.01. The standard InChI is InChI=1S/C41H65N7O/c1-12-15-38(45-13-2)40(43)31(7)23-37(41(9,10)46-32(8)24-39(42)47-44-11)35-18-17-29(5)36(25-35)26-48(27-49)21-14-16-33-19-20-34(28(3)4)22-30(33)6/h12,15,17-20,22-23,25,28,37,44-46,49H,8,13-14,16,21,24,26-27,43H2,1-7,9-11H3,(H2,42,47)/b15-12-,31-23+,40-38-. The normalized spacial score (nSPS) is 14.0. The average molecular weight is 672 g/mol. The van der Waals surface area contributed by atoms with Crippen molar-refractivity contribution in [2.75, 3.05) is 26.9 Å². The molecule has 0 aliphatic carbocycles. The van der Waals surface area contributed by atoms with Crippen LogP contribution in [0.25, 0.3) is 0 Å². The highest BCUT2D eigenvalue weighted by Crippen LogP contribution is 2.34. The second-order valence-electron chi connectivity index (χ2n) is 14.0. The van der Waals surface area contributed by atoms with Crippen LogP contribution in [0.3, 0.4) is 0 Å². The molecule has 2 aromatic carbocycles. The zero-order valence-corrected chi connectivity index (χ0v) is 32.0. The lowest BCUT2D eigenvalue weighted by Crippen LogP contribution is -2.44. The number of amidine groups is 1. The molecule has 2 aromatic rings. The zero-order chi connectivity index (χ0) is 36.7. The molecule has 2 rings (SSSR count). The van der Waals surface area contributed by atoms with Gasteiger partial charge < -0.3 is 32.6 Å². The van der Waals surface area contributed by atoms with Crippen molar-refractivity contribution < 1.29 is 5.11 Å². The molecule has 0 spiro atoms. The smallest absolute Gasteiger partial charge is 0.125 e. The van der Waals surface area contributed by atoms with Gasteiger partial charge in [-0.15, -0.1) is 0 Å². The lowest BCUT2D eigenvalue weighted by atomic mass is 9.79. The van der Waals surface area contributed by atoms with E-state index < -0.39 is 5.54 Å². The van der Waals surface area contributed by atoms with Crippen molar-refractivity contribution in [3.8, 4) is 0 Å². The summed E-state index contributed by atoms with van der Waals surface area (Å²) in [6, 6.07) is 13.5. The number of hydrogen-bond donors (Lipinski definition) is 6. The number of nitrogens with zero attached hydrogens (tertiary/aromatic N) is 2. The molecule has 0 heterocycles. The van der Waals surface area contributed by atoms with E-state index in [-0.39, 0.29) is 12.6 Å². The fourth-order valence-electron chi connectivity index (χ4n) is 6.20. The second-order valence-corrected chi connectivity index (χ2v) is 14.0. The molecule has 0 radical (unpaired) electrons. The number of aliphatic hydroxyl groups is 1. The first kappa shape index (κ1) is 41.2. The molecule has 0 amide bonds. The van der Waals surface area contributed by atoms with E-state index in [1.54, 1.807) is 7.05 Å². The number of benzene rings is 2. The van der Waals surface area contributed by atoms with Crippen LogP contribution >= 0.6 is 0 Å². The molecule has 49 heavy (non-hydrogen) atoms. The zero-order valence-electron chi connectivity index (χ0n) is 32.0. The number of hydrogen-bond acceptors (Lipinski definition) is 7. The van der Waals surface area contributed by atoms with Gasteiger partial charge in [-0.2, -0.15) is 5.10 Å². The molecule has 1 unspecified atom stereocenters. The molecule has 0 aliphatic heterocycles. The summed E-state index contributed by atoms with van der Waals surface area (Å²) in [7, 11) is 1.73. The third-order valence-electron chi connectivity index (χ3n) is 9.04. The predicted molar refractivity (Wildman–Crippen MR) is 210 cm³/mol. The van der Waals surface area contributed by atoms with Crippen LogP contribution in [0.1, 0.15) is 107 Å². The predicted octanol–water partition coefficient (Wildman–Crippen LogP) is 6.96. The highest BCUT2D eigenvalue weighted by atomic mass is 16.3. The molecular weight excluding hydrogens is 606 g/mol. The Balaban J connectivity index is 2.45. The Kier molecular flexibility index (Phi) is 16.7. The Morgan fingerprint density at radius 2 is 1.76 bits per heavy atom. The van der Waals surface area contributed by atoms with Gasteiger partial charge in [-0.1, -0.05) is 69.0 Å². The van der Waals surface area contributed by atoms with Crippen LogP contribution in [-0.2, 0) is 13.0 Å². The van der Waals surface area contributed by atoms with Gasteiger partial charge in [-0.3, -0.25) is 4.90 Å². The van der Waals surface area contributed by atoms with Gasteiger partial charge in [0.1, 0.15) is 5.84 Å². The lowest BCUT2D eigenvalue weighted by Gasteiger charge is -2.37. The maximum Gasteiger partial charge on any atom is 0.125 e. The molecule has 1 atom stereocenters. The molecule has 0 fully saturated rings. The number of rotatable bonds is 20. The summed E-state index contributed by atoms with van der Waals surface area (Å²) in [6.07, 6.45) is 8.61. The summed E-state index contributed by atoms with van der Waals surface area (Å²) in [5, 5.41) is 21.6. The highest BCUT2D eigenvalue weighted by molar-refractivity contribution is 5.82. The maximum absolute atomic E-state index is 10.4. The van der Waals surface area contributed by atoms with Crippen molar-refractivity contribution in [3.05, 3.63) is 117 Å². The molecule has 8 heteroatoms. The SMILES string of the molecule is C=C(C/C(N)=N/NC)NC(C)(C)C(/C=C(C)/C(N)=C(\C=C/C)NCC)c1ccc(C)c(CN(CO)CCCc2ccc(C(C)C)cc2C)c1. The maximum atomic E-state index is 10.4. The van der Waals surface area contributed by atoms with E-state index in [0.717, 1.165) is 48.5 Å². The Morgan fingerprint density at radius 3 is 2.35 bits per heavy atom. The first-order valence-electron chi connectivity index (χ1n) is 17.7. The second kappa shape index (κ2) is 19.9. The first-order chi connectivity index (χ1) is 23.2. The highest BCUT2D eigenvalue weighted by Gasteiger charge is 2.31. The number of hydrazone groups is 1. The third kappa shape index (κ3) is 12.8. The van der Waals surface area contributed by atoms with Gasteiger partial charge in [-0.05, 0) is 112 Å². The van der Waals surface area contributed by atoms with Gasteiger partial charge in [0.2, 0.25) is 0 Å². The molecule has 0 saturated heterocycles. The first-order valence-corrected chi connectivity index (χ1v) is 17.7. The molecule has 0 aliphatic rings. The van der Waals surface area contributed by atoms with Crippen LogP contribution < -0.4 is 27.5 Å². The number of nitrogens with two attached hydrogens (primary N) is 2. The van der Waals surface area contributed by atoms with E-state index in [9.17, 15) is 5.11 Å². The monoisotopic (exact) mass is 672 g/mol. The van der Waals surface area contributed by atoms with Crippen LogP contribution in [0.15, 0.2) is 89.0 Å². The van der Waals surface area contributed by atoms with E-state index in [1.807, 2.05) is 19.1 Å². The van der Waals surface area contributed by atoms with Crippen LogP contribution in [-0.4, -0.2) is 48.2 Å². The number of aliphatic hydroxyl groups excluding tert-OH is 1. The van der Waals surface area contributed by atoms with E-state index in [4.69, 9.17) is 11.5 Å². The van der Waals surface area contributed by atoms with E-state index in [0.29, 0.717) is 30.4 Å². The van der Waals surface area contributed by atoms with Gasteiger partial charge in [0, 0.05) is 50.3 Å². The van der Waals surface area contributed by atoms with Crippen molar-refractivity contribution in [3.63, 3.8) is 0 Å². The summed E-state index contributed by atoms with van der Waals surface area (Å²) < 4.78 is 0. The molecule has 8 N–H and O–H groups in total. The molecular formula is C41H65N7O. The third-order valence-corrected chi connectivity index (χ3v) is 9.04. The largest absolute Gasteiger partial charge is 0.397 e. The van der Waals surface area contributed by atoms with E-state index in [1.165, 1.54) is 27.8 Å². The minimum absolute atomic E-state index is 0.000673. The van der Waals surface area contributed by atoms with Gasteiger partial charge in [-0.25, -0.2) is 0 Å². The number of nitrogens with one attached hydrogen (secondary N) is 3. The number of aryl methyl sites for hydroxylation is 3. The fraction of sp³-hybridized carbons (Fsp3) is 0.488. The van der Waals surface area contributed by atoms with E-state index in [2.05, 4.69) is 131 Å². The topological polar surface area (TPSA) is 124 Å². The Bertz CT molecular complexity index is 1500. The number of allylic oxidation sites excluding steroid dienone is 3. The summed E-state index contributed by atoms with van der Waals surface area (Å²) in [4.78, 5) is 2.12. The fourth-order valence-corrected chi connectivity index (χ4v) is 6.20. The van der Waals surface area contributed by atoms with Crippen LogP contribution in [0.5, 0.6) is 0 Å². The van der Waals surface area contributed by atoms with E-state index >= 15 is 0 Å². The van der Waals surface area contributed by atoms with Crippen molar-refractivity contribution >= 4 is 5.84 Å². The Morgan fingerprint density at radius 1 is 1.06 bits per heavy atom. The molecule has 8 nitrogen and oxygen atoms in total.